The first kappa shape index (κ1) is 13.9. The molecule has 0 saturated heterocycles. The van der Waals surface area contributed by atoms with E-state index >= 15 is 0 Å². The third kappa shape index (κ3) is 5.14. The Morgan fingerprint density at radius 3 is 2.82 bits per heavy atom. The lowest BCUT2D eigenvalue weighted by Gasteiger charge is -2.14. The normalized spacial score (nSPS) is 12.6. The van der Waals surface area contributed by atoms with Gasteiger partial charge in [-0.2, -0.15) is 0 Å². The van der Waals surface area contributed by atoms with Crippen LogP contribution in [0.5, 0.6) is 0 Å². The third-order valence-corrected chi connectivity index (χ3v) is 2.33. The fraction of sp³-hybridized carbons (Fsp3) is 0.818. The molecule has 98 valence electrons. The number of ether oxygens (including phenoxy) is 1. The zero-order chi connectivity index (χ0) is 12.5. The summed E-state index contributed by atoms with van der Waals surface area (Å²) in [6, 6.07) is 0.686. The lowest BCUT2D eigenvalue weighted by Crippen LogP contribution is -2.24. The van der Waals surface area contributed by atoms with Crippen molar-refractivity contribution < 1.29 is 9.15 Å². The molecule has 1 atom stereocenters. The minimum Gasteiger partial charge on any atom is -0.407 e. The molecule has 0 fully saturated rings. The molecule has 0 saturated carbocycles. The van der Waals surface area contributed by atoms with E-state index < -0.39 is 0 Å². The van der Waals surface area contributed by atoms with E-state index in [1.165, 1.54) is 0 Å². The van der Waals surface area contributed by atoms with Crippen molar-refractivity contribution in [2.45, 2.75) is 39.3 Å². The Morgan fingerprint density at radius 1 is 1.35 bits per heavy atom. The van der Waals surface area contributed by atoms with Crippen molar-refractivity contribution in [3.63, 3.8) is 0 Å². The van der Waals surface area contributed by atoms with Gasteiger partial charge in [-0.05, 0) is 13.0 Å². The molecule has 0 aliphatic rings. The molecule has 0 spiro atoms. The summed E-state index contributed by atoms with van der Waals surface area (Å²) in [7, 11) is 1.69. The molecule has 6 nitrogen and oxygen atoms in total. The van der Waals surface area contributed by atoms with Crippen LogP contribution in [0.1, 0.15) is 32.6 Å². The van der Waals surface area contributed by atoms with Gasteiger partial charge in [0.15, 0.2) is 0 Å². The molecule has 0 amide bonds. The van der Waals surface area contributed by atoms with Crippen LogP contribution in [0.25, 0.3) is 0 Å². The number of hydrogen-bond donors (Lipinski definition) is 2. The van der Waals surface area contributed by atoms with E-state index in [9.17, 15) is 0 Å². The van der Waals surface area contributed by atoms with Crippen molar-refractivity contribution in [2.24, 2.45) is 0 Å². The Hall–Kier alpha value is -1.14. The monoisotopic (exact) mass is 242 g/mol. The van der Waals surface area contributed by atoms with E-state index in [-0.39, 0.29) is 6.04 Å². The van der Waals surface area contributed by atoms with Gasteiger partial charge in [-0.1, -0.05) is 25.4 Å². The number of rotatable bonds is 9. The second-order valence-electron chi connectivity index (χ2n) is 3.87. The van der Waals surface area contributed by atoms with Crippen LogP contribution < -0.4 is 10.6 Å². The second-order valence-corrected chi connectivity index (χ2v) is 3.87. The smallest absolute Gasteiger partial charge is 0.315 e. The number of aromatic nitrogens is 2. The molecule has 2 N–H and O–H groups in total. The minimum atomic E-state index is 0.220. The molecule has 1 aromatic rings. The zero-order valence-corrected chi connectivity index (χ0v) is 10.8. The van der Waals surface area contributed by atoms with E-state index in [1.807, 2.05) is 6.92 Å². The Morgan fingerprint density at radius 2 is 2.18 bits per heavy atom. The Balaban J connectivity index is 2.45. The molecule has 1 unspecified atom stereocenters. The highest BCUT2D eigenvalue weighted by Gasteiger charge is 2.11. The van der Waals surface area contributed by atoms with Crippen molar-refractivity contribution in [3.8, 4) is 0 Å². The van der Waals surface area contributed by atoms with Gasteiger partial charge < -0.3 is 19.8 Å². The molecule has 17 heavy (non-hydrogen) atoms. The van der Waals surface area contributed by atoms with Gasteiger partial charge in [0.05, 0.1) is 19.2 Å². The van der Waals surface area contributed by atoms with Crippen LogP contribution in [0.2, 0.25) is 0 Å². The van der Waals surface area contributed by atoms with Crippen molar-refractivity contribution in [2.75, 3.05) is 25.6 Å². The molecule has 0 aliphatic heterocycles. The van der Waals surface area contributed by atoms with Crippen LogP contribution in [0.4, 0.5) is 6.01 Å². The van der Waals surface area contributed by atoms with E-state index in [1.54, 1.807) is 7.11 Å². The average molecular weight is 242 g/mol. The molecule has 1 rings (SSSR count). The topological polar surface area (TPSA) is 72.2 Å². The predicted octanol–water partition coefficient (Wildman–Crippen LogP) is 1.41. The van der Waals surface area contributed by atoms with Crippen molar-refractivity contribution in [3.05, 3.63) is 5.89 Å². The van der Waals surface area contributed by atoms with E-state index in [0.29, 0.717) is 25.1 Å². The average Bonchev–Trinajstić information content (AvgIpc) is 2.75. The van der Waals surface area contributed by atoms with Gasteiger partial charge in [-0.15, -0.1) is 5.10 Å². The first-order chi connectivity index (χ1) is 8.30. The summed E-state index contributed by atoms with van der Waals surface area (Å²) in [5.41, 5.74) is 0. The maximum atomic E-state index is 5.46. The highest BCUT2D eigenvalue weighted by atomic mass is 16.5. The van der Waals surface area contributed by atoms with Gasteiger partial charge in [0, 0.05) is 7.11 Å². The van der Waals surface area contributed by atoms with Crippen molar-refractivity contribution in [1.29, 1.82) is 0 Å². The molecule has 0 aromatic carbocycles. The fourth-order valence-electron chi connectivity index (χ4n) is 1.54. The summed E-state index contributed by atoms with van der Waals surface area (Å²) >= 11 is 0. The first-order valence-corrected chi connectivity index (χ1v) is 6.08. The minimum absolute atomic E-state index is 0.220. The first-order valence-electron chi connectivity index (χ1n) is 6.08. The van der Waals surface area contributed by atoms with Crippen LogP contribution >= 0.6 is 0 Å². The van der Waals surface area contributed by atoms with Gasteiger partial charge in [0.2, 0.25) is 5.89 Å². The summed E-state index contributed by atoms with van der Waals surface area (Å²) in [4.78, 5) is 0. The lowest BCUT2D eigenvalue weighted by atomic mass is 10.2. The molecular weight excluding hydrogens is 220 g/mol. The van der Waals surface area contributed by atoms with Crippen molar-refractivity contribution in [1.82, 2.24) is 15.5 Å². The van der Waals surface area contributed by atoms with E-state index in [0.717, 1.165) is 19.4 Å². The quantitative estimate of drug-likeness (QED) is 0.682. The Kier molecular flexibility index (Phi) is 6.57. The van der Waals surface area contributed by atoms with Gasteiger partial charge in [0.1, 0.15) is 0 Å². The summed E-state index contributed by atoms with van der Waals surface area (Å²) in [5.74, 6) is 0.599. The standard InChI is InChI=1S/C11H22N4O2/c1-4-6-9(8-16-3)13-11-15-14-10(17-11)7-12-5-2/h9,12H,4-8H2,1-3H3,(H,13,15). The Bertz CT molecular complexity index is 297. The number of anilines is 1. The molecule has 0 bridgehead atoms. The number of nitrogens with one attached hydrogen (secondary N) is 2. The van der Waals surface area contributed by atoms with Crippen LogP contribution in [-0.2, 0) is 11.3 Å². The lowest BCUT2D eigenvalue weighted by molar-refractivity contribution is 0.181. The molecule has 0 aliphatic carbocycles. The largest absolute Gasteiger partial charge is 0.407 e. The Labute approximate surface area is 102 Å². The summed E-state index contributed by atoms with van der Waals surface area (Å²) < 4.78 is 10.6. The predicted molar refractivity (Wildman–Crippen MR) is 65.9 cm³/mol. The second kappa shape index (κ2) is 8.03. The van der Waals surface area contributed by atoms with E-state index in [2.05, 4.69) is 27.8 Å². The van der Waals surface area contributed by atoms with Gasteiger partial charge in [-0.25, -0.2) is 0 Å². The maximum Gasteiger partial charge on any atom is 0.315 e. The highest BCUT2D eigenvalue weighted by molar-refractivity contribution is 5.19. The fourth-order valence-corrected chi connectivity index (χ4v) is 1.54. The van der Waals surface area contributed by atoms with Gasteiger partial charge in [-0.3, -0.25) is 0 Å². The molecular formula is C11H22N4O2. The number of hydrogen-bond acceptors (Lipinski definition) is 6. The zero-order valence-electron chi connectivity index (χ0n) is 10.8. The third-order valence-electron chi connectivity index (χ3n) is 2.33. The van der Waals surface area contributed by atoms with Crippen LogP contribution in [0, 0.1) is 0 Å². The summed E-state index contributed by atoms with van der Waals surface area (Å²) in [5, 5.41) is 14.2. The number of nitrogens with zero attached hydrogens (tertiary/aromatic N) is 2. The number of methoxy groups -OCH3 is 1. The SMILES string of the molecule is CCCC(COC)Nc1nnc(CNCC)o1. The maximum absolute atomic E-state index is 5.46. The molecule has 1 heterocycles. The van der Waals surface area contributed by atoms with Crippen LogP contribution in [0.15, 0.2) is 4.42 Å². The van der Waals surface area contributed by atoms with E-state index in [4.69, 9.17) is 9.15 Å². The van der Waals surface area contributed by atoms with Gasteiger partial charge >= 0.3 is 6.01 Å². The molecule has 0 radical (unpaired) electrons. The molecule has 1 aromatic heterocycles. The summed E-state index contributed by atoms with van der Waals surface area (Å²) in [6.07, 6.45) is 2.10. The van der Waals surface area contributed by atoms with Crippen LogP contribution in [-0.4, -0.2) is 36.5 Å². The molecule has 6 heteroatoms. The van der Waals surface area contributed by atoms with Crippen LogP contribution in [0.3, 0.4) is 0 Å². The van der Waals surface area contributed by atoms with Gasteiger partial charge in [0.25, 0.3) is 0 Å². The highest BCUT2D eigenvalue weighted by Crippen LogP contribution is 2.09. The summed E-state index contributed by atoms with van der Waals surface area (Å²) in [6.45, 7) is 6.29. The van der Waals surface area contributed by atoms with Crippen molar-refractivity contribution >= 4 is 6.01 Å².